The van der Waals surface area contributed by atoms with Gasteiger partial charge in [-0.3, -0.25) is 4.98 Å². The van der Waals surface area contributed by atoms with E-state index in [1.54, 1.807) is 11.3 Å². The lowest BCUT2D eigenvalue weighted by Gasteiger charge is -2.32. The molecule has 18 heavy (non-hydrogen) atoms. The number of nitrogens with one attached hydrogen (secondary N) is 1. The smallest absolute Gasteiger partial charge is 0.0794 e. The van der Waals surface area contributed by atoms with E-state index in [9.17, 15) is 0 Å². The van der Waals surface area contributed by atoms with Crippen molar-refractivity contribution in [2.75, 3.05) is 0 Å². The van der Waals surface area contributed by atoms with Crippen molar-refractivity contribution in [1.82, 2.24) is 10.3 Å². The molecule has 2 aromatic rings. The lowest BCUT2D eigenvalue weighted by Crippen LogP contribution is -2.31. The summed E-state index contributed by atoms with van der Waals surface area (Å²) in [5.41, 5.74) is 3.41. The van der Waals surface area contributed by atoms with E-state index in [1.807, 2.05) is 11.7 Å². The molecule has 1 aromatic carbocycles. The van der Waals surface area contributed by atoms with Crippen LogP contribution in [0.2, 0.25) is 0 Å². The van der Waals surface area contributed by atoms with Gasteiger partial charge in [-0.15, -0.1) is 11.3 Å². The molecular formula is C15H20N2S. The van der Waals surface area contributed by atoms with Crippen molar-refractivity contribution in [2.24, 2.45) is 5.41 Å². The third-order valence-electron chi connectivity index (χ3n) is 2.96. The van der Waals surface area contributed by atoms with Crippen LogP contribution in [0.3, 0.4) is 0 Å². The van der Waals surface area contributed by atoms with Gasteiger partial charge in [0.15, 0.2) is 0 Å². The topological polar surface area (TPSA) is 24.9 Å². The minimum absolute atomic E-state index is 0.187. The van der Waals surface area contributed by atoms with Crippen LogP contribution in [-0.2, 0) is 6.54 Å². The lowest BCUT2D eigenvalue weighted by molar-refractivity contribution is 0.271. The molecule has 2 rings (SSSR count). The van der Waals surface area contributed by atoms with E-state index in [0.29, 0.717) is 6.04 Å². The van der Waals surface area contributed by atoms with Gasteiger partial charge in [-0.05, 0) is 11.0 Å². The molecule has 0 bridgehead atoms. The Hall–Kier alpha value is -1.19. The summed E-state index contributed by atoms with van der Waals surface area (Å²) in [6.45, 7) is 7.68. The molecule has 2 nitrogen and oxygen atoms in total. The van der Waals surface area contributed by atoms with Crippen LogP contribution in [0, 0.1) is 5.41 Å². The predicted molar refractivity (Wildman–Crippen MR) is 77.6 cm³/mol. The van der Waals surface area contributed by atoms with E-state index >= 15 is 0 Å². The van der Waals surface area contributed by atoms with Gasteiger partial charge in [0, 0.05) is 23.7 Å². The normalized spacial score (nSPS) is 13.5. The molecule has 0 saturated heterocycles. The first-order valence-corrected chi connectivity index (χ1v) is 7.11. The van der Waals surface area contributed by atoms with E-state index in [2.05, 4.69) is 61.4 Å². The molecule has 96 valence electrons. The van der Waals surface area contributed by atoms with E-state index in [-0.39, 0.29) is 5.41 Å². The van der Waals surface area contributed by atoms with Crippen LogP contribution in [0.15, 0.2) is 42.0 Å². The van der Waals surface area contributed by atoms with Crippen LogP contribution in [0.1, 0.15) is 37.3 Å². The van der Waals surface area contributed by atoms with E-state index in [0.717, 1.165) is 6.54 Å². The SMILES string of the molecule is CC(C)(C)C(NCc1cncs1)c1ccccc1. The molecular weight excluding hydrogens is 240 g/mol. The summed E-state index contributed by atoms with van der Waals surface area (Å²) in [7, 11) is 0. The van der Waals surface area contributed by atoms with Crippen molar-refractivity contribution in [3.05, 3.63) is 52.5 Å². The third kappa shape index (κ3) is 3.40. The Labute approximate surface area is 113 Å². The van der Waals surface area contributed by atoms with Gasteiger partial charge in [-0.1, -0.05) is 51.1 Å². The summed E-state index contributed by atoms with van der Waals surface area (Å²) in [6, 6.07) is 11.0. The second-order valence-corrected chi connectivity index (χ2v) is 6.53. The Morgan fingerprint density at radius 1 is 1.22 bits per heavy atom. The maximum absolute atomic E-state index is 4.11. The minimum atomic E-state index is 0.187. The Morgan fingerprint density at radius 2 is 1.94 bits per heavy atom. The van der Waals surface area contributed by atoms with Crippen LogP contribution in [0.4, 0.5) is 0 Å². The van der Waals surface area contributed by atoms with Crippen LogP contribution in [0.25, 0.3) is 0 Å². The first kappa shape index (κ1) is 13.2. The molecule has 1 unspecified atom stereocenters. The third-order valence-corrected chi connectivity index (χ3v) is 3.74. The summed E-state index contributed by atoms with van der Waals surface area (Å²) in [5, 5.41) is 3.65. The summed E-state index contributed by atoms with van der Waals surface area (Å²) in [6.07, 6.45) is 1.93. The standard InChI is InChI=1S/C15H20N2S/c1-15(2,3)14(12-7-5-4-6-8-12)17-10-13-9-16-11-18-13/h4-9,11,14,17H,10H2,1-3H3. The zero-order chi connectivity index (χ0) is 13.0. The van der Waals surface area contributed by atoms with Gasteiger partial charge in [0.1, 0.15) is 0 Å². The average Bonchev–Trinajstić information content (AvgIpc) is 2.82. The number of rotatable bonds is 4. The van der Waals surface area contributed by atoms with Crippen molar-refractivity contribution in [2.45, 2.75) is 33.4 Å². The number of nitrogens with zero attached hydrogens (tertiary/aromatic N) is 1. The van der Waals surface area contributed by atoms with Gasteiger partial charge < -0.3 is 5.32 Å². The molecule has 1 atom stereocenters. The molecule has 0 aliphatic rings. The molecule has 0 amide bonds. The summed E-state index contributed by atoms with van der Waals surface area (Å²) in [5.74, 6) is 0. The van der Waals surface area contributed by atoms with Gasteiger partial charge >= 0.3 is 0 Å². The molecule has 1 N–H and O–H groups in total. The van der Waals surface area contributed by atoms with Gasteiger partial charge in [0.25, 0.3) is 0 Å². The number of thiazole rings is 1. The Balaban J connectivity index is 2.12. The monoisotopic (exact) mass is 260 g/mol. The second kappa shape index (κ2) is 5.63. The minimum Gasteiger partial charge on any atom is -0.305 e. The molecule has 0 fully saturated rings. The zero-order valence-electron chi connectivity index (χ0n) is 11.2. The van der Waals surface area contributed by atoms with E-state index in [4.69, 9.17) is 0 Å². The largest absolute Gasteiger partial charge is 0.305 e. The van der Waals surface area contributed by atoms with Crippen LogP contribution < -0.4 is 5.32 Å². The molecule has 1 heterocycles. The fraction of sp³-hybridized carbons (Fsp3) is 0.400. The quantitative estimate of drug-likeness (QED) is 0.898. The number of aromatic nitrogens is 1. The first-order chi connectivity index (χ1) is 8.57. The van der Waals surface area contributed by atoms with Crippen LogP contribution >= 0.6 is 11.3 Å². The molecule has 1 aromatic heterocycles. The molecule has 0 aliphatic carbocycles. The Kier molecular flexibility index (Phi) is 4.15. The second-order valence-electron chi connectivity index (χ2n) is 5.56. The van der Waals surface area contributed by atoms with E-state index < -0.39 is 0 Å². The maximum atomic E-state index is 4.11. The van der Waals surface area contributed by atoms with Crippen molar-refractivity contribution in [3.8, 4) is 0 Å². The van der Waals surface area contributed by atoms with Crippen molar-refractivity contribution >= 4 is 11.3 Å². The molecule has 0 aliphatic heterocycles. The van der Waals surface area contributed by atoms with Crippen molar-refractivity contribution in [3.63, 3.8) is 0 Å². The van der Waals surface area contributed by atoms with Crippen LogP contribution in [0.5, 0.6) is 0 Å². The fourth-order valence-electron chi connectivity index (χ4n) is 2.10. The van der Waals surface area contributed by atoms with Crippen LogP contribution in [-0.4, -0.2) is 4.98 Å². The molecule has 0 radical (unpaired) electrons. The van der Waals surface area contributed by atoms with Gasteiger partial charge in [0.05, 0.1) is 5.51 Å². The van der Waals surface area contributed by atoms with E-state index in [1.165, 1.54) is 10.4 Å². The zero-order valence-corrected chi connectivity index (χ0v) is 12.0. The maximum Gasteiger partial charge on any atom is 0.0794 e. The highest BCUT2D eigenvalue weighted by Crippen LogP contribution is 2.32. The predicted octanol–water partition coefficient (Wildman–Crippen LogP) is 4.02. The Morgan fingerprint density at radius 3 is 2.50 bits per heavy atom. The first-order valence-electron chi connectivity index (χ1n) is 6.23. The molecule has 3 heteroatoms. The van der Waals surface area contributed by atoms with Crippen molar-refractivity contribution in [1.29, 1.82) is 0 Å². The van der Waals surface area contributed by atoms with Gasteiger partial charge in [-0.2, -0.15) is 0 Å². The number of hydrogen-bond acceptors (Lipinski definition) is 3. The molecule has 0 saturated carbocycles. The van der Waals surface area contributed by atoms with Gasteiger partial charge in [0.2, 0.25) is 0 Å². The summed E-state index contributed by atoms with van der Waals surface area (Å²) in [4.78, 5) is 5.39. The average molecular weight is 260 g/mol. The van der Waals surface area contributed by atoms with Gasteiger partial charge in [-0.25, -0.2) is 0 Å². The highest BCUT2D eigenvalue weighted by atomic mass is 32.1. The molecule has 0 spiro atoms. The summed E-state index contributed by atoms with van der Waals surface area (Å²) >= 11 is 1.70. The summed E-state index contributed by atoms with van der Waals surface area (Å²) < 4.78 is 0. The number of hydrogen-bond donors (Lipinski definition) is 1. The Bertz CT molecular complexity index is 457. The lowest BCUT2D eigenvalue weighted by atomic mass is 9.82. The number of benzene rings is 1. The van der Waals surface area contributed by atoms with Crippen molar-refractivity contribution < 1.29 is 0 Å². The highest BCUT2D eigenvalue weighted by Gasteiger charge is 2.25. The fourth-order valence-corrected chi connectivity index (χ4v) is 2.65. The highest BCUT2D eigenvalue weighted by molar-refractivity contribution is 7.09.